The van der Waals surface area contributed by atoms with E-state index < -0.39 is 10.0 Å². The van der Waals surface area contributed by atoms with Crippen LogP contribution < -0.4 is 10.5 Å². The van der Waals surface area contributed by atoms with Gasteiger partial charge >= 0.3 is 0 Å². The molecule has 1 aliphatic rings. The Hall–Kier alpha value is -1.14. The van der Waals surface area contributed by atoms with Crippen LogP contribution in [0, 0.1) is 0 Å². The van der Waals surface area contributed by atoms with E-state index in [9.17, 15) is 8.42 Å². The summed E-state index contributed by atoms with van der Waals surface area (Å²) in [6.07, 6.45) is 5.33. The van der Waals surface area contributed by atoms with Crippen LogP contribution in [0.25, 0.3) is 0 Å². The van der Waals surface area contributed by atoms with Crippen molar-refractivity contribution < 1.29 is 8.42 Å². The topological polar surface area (TPSA) is 85.1 Å². The zero-order valence-electron chi connectivity index (χ0n) is 9.81. The Morgan fingerprint density at radius 3 is 2.65 bits per heavy atom. The van der Waals surface area contributed by atoms with E-state index in [0.717, 1.165) is 25.7 Å². The molecule has 1 aromatic rings. The number of nitrogens with zero attached hydrogens (tertiary/aromatic N) is 1. The molecule has 5 nitrogen and oxygen atoms in total. The van der Waals surface area contributed by atoms with E-state index >= 15 is 0 Å². The van der Waals surface area contributed by atoms with Gasteiger partial charge in [-0.2, -0.15) is 0 Å². The predicted molar refractivity (Wildman–Crippen MR) is 65.8 cm³/mol. The summed E-state index contributed by atoms with van der Waals surface area (Å²) in [5, 5.41) is 0. The number of pyridine rings is 1. The molecule has 0 amide bonds. The number of anilines is 1. The number of hydrogen-bond donors (Lipinski definition) is 2. The summed E-state index contributed by atoms with van der Waals surface area (Å²) in [6, 6.07) is 3.05. The second kappa shape index (κ2) is 4.27. The Morgan fingerprint density at radius 1 is 1.41 bits per heavy atom. The van der Waals surface area contributed by atoms with E-state index in [1.165, 1.54) is 12.3 Å². The number of hydrogen-bond acceptors (Lipinski definition) is 4. The number of nitrogen functional groups attached to an aromatic ring is 1. The fourth-order valence-electron chi connectivity index (χ4n) is 2.27. The lowest BCUT2D eigenvalue weighted by atomic mass is 10.0. The number of sulfonamides is 1. The highest BCUT2D eigenvalue weighted by molar-refractivity contribution is 7.89. The number of nitrogens with two attached hydrogens (primary N) is 1. The lowest BCUT2D eigenvalue weighted by Crippen LogP contribution is -2.43. The SMILES string of the molecule is CC1(NS(=O)(=O)c2cccnc2N)CCCC1. The summed E-state index contributed by atoms with van der Waals surface area (Å²) in [7, 11) is -3.57. The molecule has 2 rings (SSSR count). The molecular weight excluding hydrogens is 238 g/mol. The highest BCUT2D eigenvalue weighted by Gasteiger charge is 2.34. The predicted octanol–water partition coefficient (Wildman–Crippen LogP) is 1.27. The van der Waals surface area contributed by atoms with Crippen LogP contribution in [-0.2, 0) is 10.0 Å². The normalized spacial score (nSPS) is 19.4. The van der Waals surface area contributed by atoms with Crippen molar-refractivity contribution in [2.45, 2.75) is 43.0 Å². The first-order chi connectivity index (χ1) is 7.93. The lowest BCUT2D eigenvalue weighted by Gasteiger charge is -2.25. The van der Waals surface area contributed by atoms with Crippen LogP contribution in [0.4, 0.5) is 5.82 Å². The van der Waals surface area contributed by atoms with Crippen molar-refractivity contribution in [3.05, 3.63) is 18.3 Å². The van der Waals surface area contributed by atoms with Crippen molar-refractivity contribution in [3.63, 3.8) is 0 Å². The Bertz CT molecular complexity index is 507. The summed E-state index contributed by atoms with van der Waals surface area (Å²) in [5.41, 5.74) is 5.25. The van der Waals surface area contributed by atoms with Gasteiger partial charge < -0.3 is 5.73 Å². The van der Waals surface area contributed by atoms with Crippen LogP contribution in [0.2, 0.25) is 0 Å². The van der Waals surface area contributed by atoms with Gasteiger partial charge in [-0.25, -0.2) is 18.1 Å². The van der Waals surface area contributed by atoms with Crippen LogP contribution >= 0.6 is 0 Å². The third-order valence-electron chi connectivity index (χ3n) is 3.18. The third-order valence-corrected chi connectivity index (χ3v) is 4.86. The monoisotopic (exact) mass is 255 g/mol. The molecule has 0 atom stereocenters. The minimum absolute atomic E-state index is 0.0431. The first-order valence-electron chi connectivity index (χ1n) is 5.67. The molecule has 1 fully saturated rings. The van der Waals surface area contributed by atoms with Crippen LogP contribution in [0.1, 0.15) is 32.6 Å². The van der Waals surface area contributed by atoms with E-state index in [0.29, 0.717) is 0 Å². The van der Waals surface area contributed by atoms with E-state index in [1.54, 1.807) is 6.07 Å². The van der Waals surface area contributed by atoms with Crippen molar-refractivity contribution in [1.29, 1.82) is 0 Å². The Kier molecular flexibility index (Phi) is 3.09. The molecule has 1 aliphatic carbocycles. The van der Waals surface area contributed by atoms with Gasteiger partial charge in [0.15, 0.2) is 0 Å². The molecule has 0 aromatic carbocycles. The largest absolute Gasteiger partial charge is 0.383 e. The number of rotatable bonds is 3. The van der Waals surface area contributed by atoms with Crippen molar-refractivity contribution in [2.75, 3.05) is 5.73 Å². The highest BCUT2D eigenvalue weighted by Crippen LogP contribution is 2.31. The van der Waals surface area contributed by atoms with Crippen molar-refractivity contribution in [1.82, 2.24) is 9.71 Å². The maximum absolute atomic E-state index is 12.2. The molecule has 1 saturated carbocycles. The Morgan fingerprint density at radius 2 is 2.06 bits per heavy atom. The molecule has 0 bridgehead atoms. The van der Waals surface area contributed by atoms with E-state index in [4.69, 9.17) is 5.73 Å². The quantitative estimate of drug-likeness (QED) is 0.852. The zero-order valence-corrected chi connectivity index (χ0v) is 10.6. The minimum atomic E-state index is -3.57. The second-order valence-corrected chi connectivity index (χ2v) is 6.41. The van der Waals surface area contributed by atoms with Crippen LogP contribution in [0.3, 0.4) is 0 Å². The molecule has 0 spiro atoms. The molecule has 0 aliphatic heterocycles. The average molecular weight is 255 g/mol. The fourth-order valence-corrected chi connectivity index (χ4v) is 3.82. The Balaban J connectivity index is 2.28. The van der Waals surface area contributed by atoms with E-state index in [2.05, 4.69) is 9.71 Å². The van der Waals surface area contributed by atoms with Gasteiger partial charge in [0.2, 0.25) is 10.0 Å². The van der Waals surface area contributed by atoms with Crippen molar-refractivity contribution in [3.8, 4) is 0 Å². The summed E-state index contributed by atoms with van der Waals surface area (Å²) in [5.74, 6) is 0.0431. The van der Waals surface area contributed by atoms with Gasteiger partial charge in [0.1, 0.15) is 10.7 Å². The molecular formula is C11H17N3O2S. The summed E-state index contributed by atoms with van der Waals surface area (Å²) in [4.78, 5) is 3.86. The van der Waals surface area contributed by atoms with Gasteiger partial charge in [-0.3, -0.25) is 0 Å². The summed E-state index contributed by atoms with van der Waals surface area (Å²) in [6.45, 7) is 1.93. The fraction of sp³-hybridized carbons (Fsp3) is 0.545. The smallest absolute Gasteiger partial charge is 0.244 e. The van der Waals surface area contributed by atoms with Gasteiger partial charge in [0.25, 0.3) is 0 Å². The van der Waals surface area contributed by atoms with Crippen molar-refractivity contribution in [2.24, 2.45) is 0 Å². The molecule has 6 heteroatoms. The standard InChI is InChI=1S/C11H17N3O2S/c1-11(6-2-3-7-11)14-17(15,16)9-5-4-8-13-10(9)12/h4-5,8,14H,2-3,6-7H2,1H3,(H2,12,13). The maximum Gasteiger partial charge on any atom is 0.244 e. The van der Waals surface area contributed by atoms with Crippen LogP contribution in [-0.4, -0.2) is 18.9 Å². The maximum atomic E-state index is 12.2. The first-order valence-corrected chi connectivity index (χ1v) is 7.16. The molecule has 1 heterocycles. The molecule has 1 aromatic heterocycles. The zero-order chi connectivity index (χ0) is 12.5. The highest BCUT2D eigenvalue weighted by atomic mass is 32.2. The minimum Gasteiger partial charge on any atom is -0.383 e. The molecule has 17 heavy (non-hydrogen) atoms. The summed E-state index contributed by atoms with van der Waals surface area (Å²) < 4.78 is 27.1. The van der Waals surface area contributed by atoms with E-state index in [1.807, 2.05) is 6.92 Å². The Labute approximate surface area is 101 Å². The van der Waals surface area contributed by atoms with Crippen molar-refractivity contribution >= 4 is 15.8 Å². The number of nitrogens with one attached hydrogen (secondary N) is 1. The van der Waals surface area contributed by atoms with Gasteiger partial charge in [0, 0.05) is 11.7 Å². The third kappa shape index (κ3) is 2.58. The molecule has 0 unspecified atom stereocenters. The average Bonchev–Trinajstić information content (AvgIpc) is 2.64. The van der Waals surface area contributed by atoms with Crippen LogP contribution in [0.15, 0.2) is 23.2 Å². The van der Waals surface area contributed by atoms with Gasteiger partial charge in [0.05, 0.1) is 0 Å². The molecule has 0 radical (unpaired) electrons. The first kappa shape index (κ1) is 12.3. The van der Waals surface area contributed by atoms with Crippen LogP contribution in [0.5, 0.6) is 0 Å². The second-order valence-electron chi connectivity index (χ2n) is 4.76. The van der Waals surface area contributed by atoms with Gasteiger partial charge in [-0.1, -0.05) is 12.8 Å². The molecule has 3 N–H and O–H groups in total. The summed E-state index contributed by atoms with van der Waals surface area (Å²) >= 11 is 0. The van der Waals surface area contributed by atoms with E-state index in [-0.39, 0.29) is 16.3 Å². The lowest BCUT2D eigenvalue weighted by molar-refractivity contribution is 0.427. The molecule has 0 saturated heterocycles. The molecule has 94 valence electrons. The number of aromatic nitrogens is 1. The van der Waals surface area contributed by atoms with Gasteiger partial charge in [-0.15, -0.1) is 0 Å². The van der Waals surface area contributed by atoms with Gasteiger partial charge in [-0.05, 0) is 31.9 Å².